The van der Waals surface area contributed by atoms with Crippen molar-refractivity contribution in [2.75, 3.05) is 32.7 Å². The van der Waals surface area contributed by atoms with E-state index in [1.54, 1.807) is 0 Å². The molecular weight excluding hydrogens is 453 g/mol. The van der Waals surface area contributed by atoms with E-state index in [1.165, 1.54) is 58.2 Å². The quantitative estimate of drug-likeness (QED) is 0.223. The lowest BCUT2D eigenvalue weighted by Crippen LogP contribution is -2.37. The fourth-order valence-corrected chi connectivity index (χ4v) is 3.20. The molecule has 0 aromatic carbocycles. The van der Waals surface area contributed by atoms with Gasteiger partial charge in [0.15, 0.2) is 11.7 Å². The zero-order chi connectivity index (χ0) is 18.6. The number of hydrogen-bond acceptors (Lipinski definition) is 4. The van der Waals surface area contributed by atoms with Gasteiger partial charge in [-0.2, -0.15) is 0 Å². The third-order valence-corrected chi connectivity index (χ3v) is 4.80. The molecule has 1 saturated heterocycles. The number of aliphatic imine (C=N–C) groups is 1. The van der Waals surface area contributed by atoms with Gasteiger partial charge < -0.3 is 20.1 Å². The van der Waals surface area contributed by atoms with Crippen LogP contribution in [0.25, 0.3) is 0 Å². The summed E-state index contributed by atoms with van der Waals surface area (Å²) in [4.78, 5) is 7.22. The van der Waals surface area contributed by atoms with Crippen molar-refractivity contribution >= 4 is 29.9 Å². The van der Waals surface area contributed by atoms with Gasteiger partial charge in [0.2, 0.25) is 0 Å². The van der Waals surface area contributed by atoms with Crippen molar-refractivity contribution in [3.05, 3.63) is 17.5 Å². The Bertz CT molecular complexity index is 526. The molecule has 156 valence electrons. The van der Waals surface area contributed by atoms with Crippen LogP contribution in [0.5, 0.6) is 0 Å². The van der Waals surface area contributed by atoms with Gasteiger partial charge >= 0.3 is 0 Å². The minimum atomic E-state index is 0. The van der Waals surface area contributed by atoms with E-state index in [-0.39, 0.29) is 24.0 Å². The van der Waals surface area contributed by atoms with Gasteiger partial charge in [-0.3, -0.25) is 0 Å². The molecule has 7 heteroatoms. The zero-order valence-electron chi connectivity index (χ0n) is 17.3. The van der Waals surface area contributed by atoms with Gasteiger partial charge in [-0.25, -0.2) is 4.99 Å². The molecule has 1 aromatic heterocycles. The number of halogens is 1. The van der Waals surface area contributed by atoms with Crippen molar-refractivity contribution < 1.29 is 4.52 Å². The Morgan fingerprint density at radius 3 is 2.63 bits per heavy atom. The van der Waals surface area contributed by atoms with Gasteiger partial charge in [-0.05, 0) is 58.2 Å². The molecule has 0 radical (unpaired) electrons. The van der Waals surface area contributed by atoms with Crippen LogP contribution in [0.4, 0.5) is 0 Å². The molecule has 0 spiro atoms. The van der Waals surface area contributed by atoms with E-state index in [0.29, 0.717) is 12.5 Å². The van der Waals surface area contributed by atoms with Crippen LogP contribution in [-0.4, -0.2) is 48.7 Å². The van der Waals surface area contributed by atoms with Crippen LogP contribution in [0, 0.1) is 0 Å². The smallest absolute Gasteiger partial charge is 0.191 e. The van der Waals surface area contributed by atoms with Crippen molar-refractivity contribution in [2.24, 2.45) is 4.99 Å². The van der Waals surface area contributed by atoms with Crippen molar-refractivity contribution in [2.45, 2.75) is 71.8 Å². The van der Waals surface area contributed by atoms with E-state index in [9.17, 15) is 0 Å². The Morgan fingerprint density at radius 1 is 1.19 bits per heavy atom. The summed E-state index contributed by atoms with van der Waals surface area (Å²) in [6.07, 6.45) is 7.92. The van der Waals surface area contributed by atoms with Crippen molar-refractivity contribution in [1.29, 1.82) is 0 Å². The predicted molar refractivity (Wildman–Crippen MR) is 123 cm³/mol. The van der Waals surface area contributed by atoms with Gasteiger partial charge in [0, 0.05) is 19.2 Å². The summed E-state index contributed by atoms with van der Waals surface area (Å²) in [5.74, 6) is 2.05. The SMILES string of the molecule is CCNC(=NCc1cc(C(C)C)no1)NCCCCCN1CCCCC1.I. The molecule has 2 heterocycles. The molecule has 6 nitrogen and oxygen atoms in total. The molecule has 1 fully saturated rings. The maximum Gasteiger partial charge on any atom is 0.191 e. The standard InChI is InChI=1S/C20H37N5O.HI/c1-4-21-20(23-16-18-15-19(17(2)3)24-26-18)22-11-7-5-8-12-25-13-9-6-10-14-25;/h15,17H,4-14,16H2,1-3H3,(H2,21,22,23);1H. The van der Waals surface area contributed by atoms with Crippen molar-refractivity contribution in [3.8, 4) is 0 Å². The summed E-state index contributed by atoms with van der Waals surface area (Å²) in [6, 6.07) is 2.00. The second-order valence-corrected chi connectivity index (χ2v) is 7.46. The minimum Gasteiger partial charge on any atom is -0.359 e. The van der Waals surface area contributed by atoms with Crippen LogP contribution in [0.2, 0.25) is 0 Å². The molecule has 27 heavy (non-hydrogen) atoms. The lowest BCUT2D eigenvalue weighted by molar-refractivity contribution is 0.224. The average molecular weight is 491 g/mol. The second-order valence-electron chi connectivity index (χ2n) is 7.46. The maximum atomic E-state index is 5.35. The summed E-state index contributed by atoms with van der Waals surface area (Å²) in [5.41, 5.74) is 0.988. The largest absolute Gasteiger partial charge is 0.359 e. The zero-order valence-corrected chi connectivity index (χ0v) is 19.6. The molecule has 0 unspecified atom stereocenters. The Hall–Kier alpha value is -0.830. The third kappa shape index (κ3) is 9.78. The molecule has 1 aliphatic heterocycles. The molecular formula is C20H38IN5O. The average Bonchev–Trinajstić information content (AvgIpc) is 3.12. The molecule has 0 aliphatic carbocycles. The number of rotatable bonds is 10. The number of piperidine rings is 1. The Kier molecular flexibility index (Phi) is 12.7. The van der Waals surface area contributed by atoms with Gasteiger partial charge in [0.1, 0.15) is 6.54 Å². The highest BCUT2D eigenvalue weighted by atomic mass is 127. The highest BCUT2D eigenvalue weighted by molar-refractivity contribution is 14.0. The van der Waals surface area contributed by atoms with Crippen LogP contribution in [-0.2, 0) is 6.54 Å². The van der Waals surface area contributed by atoms with Crippen molar-refractivity contribution in [1.82, 2.24) is 20.7 Å². The first kappa shape index (κ1) is 24.2. The summed E-state index contributed by atoms with van der Waals surface area (Å²) in [6.45, 7) is 12.5. The summed E-state index contributed by atoms with van der Waals surface area (Å²) in [7, 11) is 0. The molecule has 1 aromatic rings. The highest BCUT2D eigenvalue weighted by Crippen LogP contribution is 2.14. The lowest BCUT2D eigenvalue weighted by atomic mass is 10.1. The number of unbranched alkanes of at least 4 members (excludes halogenated alkanes) is 2. The molecule has 1 aliphatic rings. The van der Waals surface area contributed by atoms with E-state index in [1.807, 2.05) is 6.07 Å². The minimum absolute atomic E-state index is 0. The van der Waals surface area contributed by atoms with Gasteiger partial charge in [-0.15, -0.1) is 24.0 Å². The lowest BCUT2D eigenvalue weighted by Gasteiger charge is -2.26. The van der Waals surface area contributed by atoms with Gasteiger partial charge in [0.05, 0.1) is 5.69 Å². The number of guanidine groups is 1. The topological polar surface area (TPSA) is 65.7 Å². The van der Waals surface area contributed by atoms with Crippen LogP contribution >= 0.6 is 24.0 Å². The highest BCUT2D eigenvalue weighted by Gasteiger charge is 2.09. The molecule has 0 saturated carbocycles. The molecule has 0 amide bonds. The van der Waals surface area contributed by atoms with E-state index in [0.717, 1.165) is 30.5 Å². The first-order valence-corrected chi connectivity index (χ1v) is 10.4. The molecule has 2 N–H and O–H groups in total. The number of aromatic nitrogens is 1. The van der Waals surface area contributed by atoms with E-state index in [2.05, 4.69) is 46.5 Å². The number of nitrogens with one attached hydrogen (secondary N) is 2. The van der Waals surface area contributed by atoms with Crippen LogP contribution in [0.1, 0.15) is 76.7 Å². The fourth-order valence-electron chi connectivity index (χ4n) is 3.20. The van der Waals surface area contributed by atoms with E-state index < -0.39 is 0 Å². The van der Waals surface area contributed by atoms with Gasteiger partial charge in [-0.1, -0.05) is 31.8 Å². The Labute approximate surface area is 181 Å². The second kappa shape index (κ2) is 14.2. The first-order valence-electron chi connectivity index (χ1n) is 10.4. The van der Waals surface area contributed by atoms with E-state index in [4.69, 9.17) is 4.52 Å². The van der Waals surface area contributed by atoms with Gasteiger partial charge in [0.25, 0.3) is 0 Å². The first-order chi connectivity index (χ1) is 12.7. The monoisotopic (exact) mass is 491 g/mol. The van der Waals surface area contributed by atoms with Crippen LogP contribution in [0.3, 0.4) is 0 Å². The van der Waals surface area contributed by atoms with Crippen molar-refractivity contribution in [3.63, 3.8) is 0 Å². The number of hydrogen-bond donors (Lipinski definition) is 2. The van der Waals surface area contributed by atoms with E-state index >= 15 is 0 Å². The van der Waals surface area contributed by atoms with Crippen LogP contribution < -0.4 is 10.6 Å². The number of nitrogens with zero attached hydrogens (tertiary/aromatic N) is 3. The molecule has 0 bridgehead atoms. The van der Waals surface area contributed by atoms with Crippen LogP contribution in [0.15, 0.2) is 15.6 Å². The molecule has 2 rings (SSSR count). The molecule has 0 atom stereocenters. The summed E-state index contributed by atoms with van der Waals surface area (Å²) >= 11 is 0. The Balaban J connectivity index is 0.00000364. The summed E-state index contributed by atoms with van der Waals surface area (Å²) in [5, 5.41) is 10.8. The predicted octanol–water partition coefficient (Wildman–Crippen LogP) is 4.13. The maximum absolute atomic E-state index is 5.35. The third-order valence-electron chi connectivity index (χ3n) is 4.80. The number of likely N-dealkylation sites (tertiary alicyclic amines) is 1. The summed E-state index contributed by atoms with van der Waals surface area (Å²) < 4.78 is 5.35. The normalized spacial score (nSPS) is 15.6. The Morgan fingerprint density at radius 2 is 1.96 bits per heavy atom. The fraction of sp³-hybridized carbons (Fsp3) is 0.800.